The lowest BCUT2D eigenvalue weighted by Crippen LogP contribution is -2.50. The molecule has 3 aliphatic rings. The van der Waals surface area contributed by atoms with Crippen LogP contribution in [0.3, 0.4) is 0 Å². The quantitative estimate of drug-likeness (QED) is 0.363. The molecule has 0 bridgehead atoms. The molecule has 214 valence electrons. The standard InChI is InChI=1S/C33H38FN5O2/c1-39(32(41)24-9-10-24)27-15-7-21(8-16-27)17-30(40)36-29-18-28(22-5-3-2-4-6-22)31(38-37-29)23-11-13-25(14-12-23)33(35)19-26(34)20-33/h2-6,11-14,18,21,24,26-27H,7-10,15-17,19-20,35H2,1H3,(H,36,37,40). The second-order valence-corrected chi connectivity index (χ2v) is 12.2. The number of hydrogen-bond acceptors (Lipinski definition) is 5. The summed E-state index contributed by atoms with van der Waals surface area (Å²) < 4.78 is 13.5. The largest absolute Gasteiger partial charge is 0.343 e. The average molecular weight is 556 g/mol. The summed E-state index contributed by atoms with van der Waals surface area (Å²) in [5.41, 5.74) is 10.1. The number of amides is 2. The van der Waals surface area contributed by atoms with Crippen LogP contribution in [0, 0.1) is 11.8 Å². The van der Waals surface area contributed by atoms with Gasteiger partial charge in [-0.05, 0) is 61.6 Å². The minimum Gasteiger partial charge on any atom is -0.343 e. The van der Waals surface area contributed by atoms with Crippen molar-refractivity contribution in [1.82, 2.24) is 15.1 Å². The molecular weight excluding hydrogens is 517 g/mol. The lowest BCUT2D eigenvalue weighted by atomic mass is 9.71. The Morgan fingerprint density at radius 2 is 1.63 bits per heavy atom. The molecular formula is C33H38FN5O2. The number of carbonyl (C=O) groups excluding carboxylic acids is 2. The highest BCUT2D eigenvalue weighted by Crippen LogP contribution is 2.42. The first kappa shape index (κ1) is 27.5. The Labute approximate surface area is 240 Å². The zero-order valence-electron chi connectivity index (χ0n) is 23.6. The molecule has 6 rings (SSSR count). The topological polar surface area (TPSA) is 101 Å². The SMILES string of the molecule is CN(C(=O)C1CC1)C1CCC(CC(=O)Nc2cc(-c3ccccc3)c(-c3ccc(C4(N)CC(F)C4)cc3)nn2)CC1. The van der Waals surface area contributed by atoms with Gasteiger partial charge >= 0.3 is 0 Å². The molecule has 2 amide bonds. The third kappa shape index (κ3) is 6.03. The number of hydrogen-bond donors (Lipinski definition) is 2. The van der Waals surface area contributed by atoms with Gasteiger partial charge in [-0.25, -0.2) is 4.39 Å². The molecule has 7 nitrogen and oxygen atoms in total. The summed E-state index contributed by atoms with van der Waals surface area (Å²) in [4.78, 5) is 27.4. The number of carbonyl (C=O) groups is 2. The Hall–Kier alpha value is -3.65. The van der Waals surface area contributed by atoms with Gasteiger partial charge in [0.05, 0.1) is 0 Å². The maximum atomic E-state index is 13.5. The van der Waals surface area contributed by atoms with Crippen LogP contribution < -0.4 is 11.1 Å². The van der Waals surface area contributed by atoms with Crippen LogP contribution in [-0.2, 0) is 15.1 Å². The molecule has 3 fully saturated rings. The van der Waals surface area contributed by atoms with E-state index in [0.29, 0.717) is 36.7 Å². The highest BCUT2D eigenvalue weighted by atomic mass is 19.1. The molecule has 3 aliphatic carbocycles. The summed E-state index contributed by atoms with van der Waals surface area (Å²) in [6, 6.07) is 19.9. The first-order valence-electron chi connectivity index (χ1n) is 14.8. The van der Waals surface area contributed by atoms with Crippen molar-refractivity contribution in [2.24, 2.45) is 17.6 Å². The maximum Gasteiger partial charge on any atom is 0.225 e. The molecule has 1 aromatic heterocycles. The van der Waals surface area contributed by atoms with Gasteiger partial charge < -0.3 is 16.0 Å². The first-order valence-corrected chi connectivity index (χ1v) is 14.8. The highest BCUT2D eigenvalue weighted by Gasteiger charge is 2.42. The van der Waals surface area contributed by atoms with Crippen molar-refractivity contribution in [3.63, 3.8) is 0 Å². The van der Waals surface area contributed by atoms with Gasteiger partial charge in [0.25, 0.3) is 0 Å². The number of nitrogens with zero attached hydrogens (tertiary/aromatic N) is 3. The lowest BCUT2D eigenvalue weighted by Gasteiger charge is -2.41. The van der Waals surface area contributed by atoms with E-state index in [-0.39, 0.29) is 23.8 Å². The number of anilines is 1. The first-order chi connectivity index (χ1) is 19.8. The van der Waals surface area contributed by atoms with Gasteiger partial charge in [-0.3, -0.25) is 9.59 Å². The molecule has 2 aromatic carbocycles. The van der Waals surface area contributed by atoms with E-state index < -0.39 is 11.7 Å². The molecule has 41 heavy (non-hydrogen) atoms. The number of halogens is 1. The molecule has 8 heteroatoms. The fourth-order valence-electron chi connectivity index (χ4n) is 6.42. The zero-order valence-corrected chi connectivity index (χ0v) is 23.6. The third-order valence-corrected chi connectivity index (χ3v) is 9.16. The third-order valence-electron chi connectivity index (χ3n) is 9.16. The van der Waals surface area contributed by atoms with Gasteiger partial charge in [-0.2, -0.15) is 0 Å². The summed E-state index contributed by atoms with van der Waals surface area (Å²) >= 11 is 0. The second kappa shape index (κ2) is 11.3. The van der Waals surface area contributed by atoms with Gasteiger partial charge in [-0.15, -0.1) is 10.2 Å². The van der Waals surface area contributed by atoms with Crippen molar-refractivity contribution in [1.29, 1.82) is 0 Å². The molecule has 0 spiro atoms. The van der Waals surface area contributed by atoms with Gasteiger partial charge in [0.2, 0.25) is 11.8 Å². The van der Waals surface area contributed by atoms with Gasteiger partial charge in [-0.1, -0.05) is 54.6 Å². The summed E-state index contributed by atoms with van der Waals surface area (Å²) in [7, 11) is 1.93. The number of nitrogens with one attached hydrogen (secondary N) is 1. The zero-order chi connectivity index (χ0) is 28.6. The molecule has 0 radical (unpaired) electrons. The number of rotatable bonds is 8. The van der Waals surface area contributed by atoms with Crippen LogP contribution in [0.5, 0.6) is 0 Å². The van der Waals surface area contributed by atoms with E-state index in [1.165, 1.54) is 0 Å². The van der Waals surface area contributed by atoms with E-state index in [2.05, 4.69) is 15.5 Å². The maximum absolute atomic E-state index is 13.5. The van der Waals surface area contributed by atoms with Gasteiger partial charge in [0.15, 0.2) is 5.82 Å². The van der Waals surface area contributed by atoms with Crippen LogP contribution in [-0.4, -0.2) is 46.2 Å². The fraction of sp³-hybridized carbons (Fsp3) is 0.455. The highest BCUT2D eigenvalue weighted by molar-refractivity contribution is 5.91. The summed E-state index contributed by atoms with van der Waals surface area (Å²) in [6.45, 7) is 0. The second-order valence-electron chi connectivity index (χ2n) is 12.2. The van der Waals surface area contributed by atoms with Crippen molar-refractivity contribution >= 4 is 17.6 Å². The van der Waals surface area contributed by atoms with Crippen LogP contribution >= 0.6 is 0 Å². The van der Waals surface area contributed by atoms with Gasteiger partial charge in [0, 0.05) is 54.9 Å². The van der Waals surface area contributed by atoms with Crippen molar-refractivity contribution in [3.05, 3.63) is 66.2 Å². The van der Waals surface area contributed by atoms with E-state index in [9.17, 15) is 14.0 Å². The Morgan fingerprint density at radius 1 is 0.951 bits per heavy atom. The van der Waals surface area contributed by atoms with Crippen LogP contribution in [0.2, 0.25) is 0 Å². The predicted octanol–water partition coefficient (Wildman–Crippen LogP) is 5.85. The van der Waals surface area contributed by atoms with E-state index >= 15 is 0 Å². The van der Waals surface area contributed by atoms with Crippen LogP contribution in [0.4, 0.5) is 10.2 Å². The van der Waals surface area contributed by atoms with Gasteiger partial charge in [0.1, 0.15) is 11.9 Å². The van der Waals surface area contributed by atoms with Crippen LogP contribution in [0.15, 0.2) is 60.7 Å². The van der Waals surface area contributed by atoms with Crippen molar-refractivity contribution in [3.8, 4) is 22.4 Å². The van der Waals surface area contributed by atoms with E-state index in [0.717, 1.165) is 60.8 Å². The smallest absolute Gasteiger partial charge is 0.225 e. The van der Waals surface area contributed by atoms with Crippen LogP contribution in [0.25, 0.3) is 22.4 Å². The minimum atomic E-state index is -0.836. The summed E-state index contributed by atoms with van der Waals surface area (Å²) in [5, 5.41) is 11.9. The van der Waals surface area contributed by atoms with Crippen molar-refractivity contribution < 1.29 is 14.0 Å². The van der Waals surface area contributed by atoms with E-state index in [1.54, 1.807) is 0 Å². The Kier molecular flexibility index (Phi) is 7.60. The molecule has 0 aliphatic heterocycles. The molecule has 1 heterocycles. The fourth-order valence-corrected chi connectivity index (χ4v) is 6.42. The van der Waals surface area contributed by atoms with Crippen molar-refractivity contribution in [2.75, 3.05) is 12.4 Å². The molecule has 3 aromatic rings. The molecule has 0 unspecified atom stereocenters. The number of benzene rings is 2. The molecule has 3 saturated carbocycles. The summed E-state index contributed by atoms with van der Waals surface area (Å²) in [5.74, 6) is 1.18. The average Bonchev–Trinajstić information content (AvgIpc) is 3.82. The summed E-state index contributed by atoms with van der Waals surface area (Å²) in [6.07, 6.45) is 6.09. The Bertz CT molecular complexity index is 1390. The molecule has 3 N–H and O–H groups in total. The lowest BCUT2D eigenvalue weighted by molar-refractivity contribution is -0.134. The molecule has 0 atom stereocenters. The monoisotopic (exact) mass is 555 g/mol. The molecule has 0 saturated heterocycles. The normalized spacial score (nSPS) is 25.7. The van der Waals surface area contributed by atoms with E-state index in [4.69, 9.17) is 5.73 Å². The van der Waals surface area contributed by atoms with Crippen LogP contribution in [0.1, 0.15) is 63.4 Å². The number of aromatic nitrogens is 2. The Balaban J connectivity index is 1.13. The number of alkyl halides is 1. The van der Waals surface area contributed by atoms with Crippen molar-refractivity contribution in [2.45, 2.75) is 75.5 Å². The van der Waals surface area contributed by atoms with E-state index in [1.807, 2.05) is 72.6 Å². The Morgan fingerprint density at radius 3 is 2.27 bits per heavy atom. The number of nitrogens with two attached hydrogens (primary N) is 1. The predicted molar refractivity (Wildman–Crippen MR) is 157 cm³/mol. The minimum absolute atomic E-state index is 0.0683.